The van der Waals surface area contributed by atoms with Crippen LogP contribution >= 0.6 is 23.2 Å². The maximum atomic E-state index is 13.1. The Morgan fingerprint density at radius 1 is 1.03 bits per heavy atom. The summed E-state index contributed by atoms with van der Waals surface area (Å²) in [5.41, 5.74) is 1.49. The van der Waals surface area contributed by atoms with Gasteiger partial charge < -0.3 is 24.0 Å². The molecule has 2 aromatic heterocycles. The third kappa shape index (κ3) is 5.05. The van der Waals surface area contributed by atoms with Gasteiger partial charge in [0, 0.05) is 15.7 Å². The summed E-state index contributed by atoms with van der Waals surface area (Å²) in [6.45, 7) is 2.04. The second-order valence-corrected chi connectivity index (χ2v) is 8.93. The number of unbranched alkanes of at least 4 members (excludes halogenated alkanes) is 1. The van der Waals surface area contributed by atoms with Gasteiger partial charge in [0.1, 0.15) is 22.8 Å². The first-order chi connectivity index (χ1) is 17.4. The summed E-state index contributed by atoms with van der Waals surface area (Å²) in [5, 5.41) is 20.5. The molecule has 0 fully saturated rings. The van der Waals surface area contributed by atoms with Crippen molar-refractivity contribution in [3.8, 4) is 39.8 Å². The lowest BCUT2D eigenvalue weighted by atomic mass is 9.96. The van der Waals surface area contributed by atoms with Gasteiger partial charge in [-0.3, -0.25) is 4.79 Å². The Kier molecular flexibility index (Phi) is 7.86. The van der Waals surface area contributed by atoms with Crippen LogP contribution in [0.5, 0.6) is 17.2 Å². The van der Waals surface area contributed by atoms with Gasteiger partial charge in [0.05, 0.1) is 31.8 Å². The van der Waals surface area contributed by atoms with Crippen LogP contribution in [0, 0.1) is 0 Å². The van der Waals surface area contributed by atoms with E-state index in [0.717, 1.165) is 18.4 Å². The van der Waals surface area contributed by atoms with E-state index in [1.807, 2.05) is 6.92 Å². The fourth-order valence-electron chi connectivity index (χ4n) is 4.00. The largest absolute Gasteiger partial charge is 0.506 e. The number of H-pyrrole nitrogens is 1. The Bertz CT molecular complexity index is 1430. The first-order valence-corrected chi connectivity index (χ1v) is 12.1. The minimum atomic E-state index is -0.545. The van der Waals surface area contributed by atoms with E-state index in [1.54, 1.807) is 36.4 Å². The van der Waals surface area contributed by atoms with E-state index in [2.05, 4.69) is 15.2 Å². The lowest BCUT2D eigenvalue weighted by Gasteiger charge is -2.18. The highest BCUT2D eigenvalue weighted by molar-refractivity contribution is 6.35. The molecule has 4 aromatic rings. The van der Waals surface area contributed by atoms with E-state index in [1.165, 1.54) is 14.2 Å². The second kappa shape index (κ2) is 11.1. The summed E-state index contributed by atoms with van der Waals surface area (Å²) in [7, 11) is 3.06. The Hall–Kier alpha value is -3.49. The second-order valence-electron chi connectivity index (χ2n) is 8.09. The third-order valence-electron chi connectivity index (χ3n) is 5.76. The highest BCUT2D eigenvalue weighted by Gasteiger charge is 2.27. The molecule has 4 rings (SSSR count). The highest BCUT2D eigenvalue weighted by Crippen LogP contribution is 2.46. The van der Waals surface area contributed by atoms with Crippen LogP contribution in [0.25, 0.3) is 22.6 Å². The van der Waals surface area contributed by atoms with E-state index in [9.17, 15) is 9.90 Å². The molecule has 0 spiro atoms. The SMILES string of the molecule is CCCCc1[nH]c(=O)c(-c2nnc(Cc3ccc(Cl)cc3Cl)o2)c(O)c1-c1c(OC)cccc1OC. The Morgan fingerprint density at radius 2 is 1.75 bits per heavy atom. The molecular formula is C26H25Cl2N3O5. The van der Waals surface area contributed by atoms with E-state index in [-0.39, 0.29) is 29.5 Å². The molecule has 2 aromatic carbocycles. The van der Waals surface area contributed by atoms with Crippen molar-refractivity contribution in [1.82, 2.24) is 15.2 Å². The van der Waals surface area contributed by atoms with Crippen molar-refractivity contribution in [3.63, 3.8) is 0 Å². The monoisotopic (exact) mass is 529 g/mol. The molecule has 36 heavy (non-hydrogen) atoms. The first kappa shape index (κ1) is 25.6. The molecule has 0 bridgehead atoms. The maximum absolute atomic E-state index is 13.1. The molecule has 0 aliphatic heterocycles. The van der Waals surface area contributed by atoms with Crippen molar-refractivity contribution < 1.29 is 19.0 Å². The average molecular weight is 530 g/mol. The number of aryl methyl sites for hydroxylation is 1. The van der Waals surface area contributed by atoms with Crippen LogP contribution in [0.3, 0.4) is 0 Å². The smallest absolute Gasteiger partial charge is 0.264 e. The predicted molar refractivity (Wildman–Crippen MR) is 138 cm³/mol. The number of pyridine rings is 1. The van der Waals surface area contributed by atoms with Crippen molar-refractivity contribution >= 4 is 23.2 Å². The van der Waals surface area contributed by atoms with Crippen LogP contribution < -0.4 is 15.0 Å². The van der Waals surface area contributed by atoms with Gasteiger partial charge in [0.25, 0.3) is 11.4 Å². The van der Waals surface area contributed by atoms with Gasteiger partial charge in [-0.1, -0.05) is 48.7 Å². The molecule has 0 saturated carbocycles. The Morgan fingerprint density at radius 3 is 2.39 bits per heavy atom. The van der Waals surface area contributed by atoms with E-state index < -0.39 is 5.56 Å². The number of hydrogen-bond acceptors (Lipinski definition) is 7. The average Bonchev–Trinajstić information content (AvgIpc) is 3.32. The number of ether oxygens (including phenoxy) is 2. The van der Waals surface area contributed by atoms with Crippen molar-refractivity contribution in [2.45, 2.75) is 32.6 Å². The molecule has 0 unspecified atom stereocenters. The lowest BCUT2D eigenvalue weighted by molar-refractivity contribution is 0.396. The van der Waals surface area contributed by atoms with Crippen LogP contribution in [0.4, 0.5) is 0 Å². The minimum absolute atomic E-state index is 0.119. The van der Waals surface area contributed by atoms with E-state index in [4.69, 9.17) is 37.1 Å². The Labute approximate surface area is 217 Å². The molecule has 10 heteroatoms. The van der Waals surface area contributed by atoms with Gasteiger partial charge in [0.15, 0.2) is 0 Å². The number of nitrogens with one attached hydrogen (secondary N) is 1. The van der Waals surface area contributed by atoms with Crippen molar-refractivity contribution in [2.75, 3.05) is 14.2 Å². The van der Waals surface area contributed by atoms with Crippen molar-refractivity contribution in [2.24, 2.45) is 0 Å². The third-order valence-corrected chi connectivity index (χ3v) is 6.35. The number of hydrogen-bond donors (Lipinski definition) is 2. The summed E-state index contributed by atoms with van der Waals surface area (Å²) >= 11 is 12.2. The number of methoxy groups -OCH3 is 2. The van der Waals surface area contributed by atoms with E-state index >= 15 is 0 Å². The van der Waals surface area contributed by atoms with Crippen LogP contribution in [-0.2, 0) is 12.8 Å². The summed E-state index contributed by atoms with van der Waals surface area (Å²) in [6.07, 6.45) is 2.45. The lowest BCUT2D eigenvalue weighted by Crippen LogP contribution is -2.14. The zero-order chi connectivity index (χ0) is 25.8. The summed E-state index contributed by atoms with van der Waals surface area (Å²) in [4.78, 5) is 16.0. The number of nitrogens with zero attached hydrogens (tertiary/aromatic N) is 2. The van der Waals surface area contributed by atoms with Gasteiger partial charge in [-0.15, -0.1) is 10.2 Å². The fourth-order valence-corrected chi connectivity index (χ4v) is 4.47. The minimum Gasteiger partial charge on any atom is -0.506 e. The van der Waals surface area contributed by atoms with Crippen molar-refractivity contribution in [3.05, 3.63) is 73.9 Å². The zero-order valence-corrected chi connectivity index (χ0v) is 21.5. The van der Waals surface area contributed by atoms with Crippen molar-refractivity contribution in [1.29, 1.82) is 0 Å². The number of aromatic nitrogens is 3. The van der Waals surface area contributed by atoms with Gasteiger partial charge in [-0.05, 0) is 42.7 Å². The zero-order valence-electron chi connectivity index (χ0n) is 20.0. The normalized spacial score (nSPS) is 11.0. The maximum Gasteiger partial charge on any atom is 0.264 e. The topological polar surface area (TPSA) is 110 Å². The molecule has 0 atom stereocenters. The molecule has 8 nitrogen and oxygen atoms in total. The molecular weight excluding hydrogens is 505 g/mol. The highest BCUT2D eigenvalue weighted by atomic mass is 35.5. The van der Waals surface area contributed by atoms with Gasteiger partial charge in [-0.2, -0.15) is 0 Å². The summed E-state index contributed by atoms with van der Waals surface area (Å²) in [5.74, 6) is 0.755. The Balaban J connectivity index is 1.86. The first-order valence-electron chi connectivity index (χ1n) is 11.3. The number of halogens is 2. The van der Waals surface area contributed by atoms with Gasteiger partial charge in [0.2, 0.25) is 5.89 Å². The van der Waals surface area contributed by atoms with Gasteiger partial charge >= 0.3 is 0 Å². The molecule has 2 N–H and O–H groups in total. The standard InChI is InChI=1S/C26H25Cl2N3O5/c1-4-5-7-17-21(22-18(34-2)8-6-9-19(22)35-3)24(32)23(25(33)29-17)26-31-30-20(36-26)12-14-10-11-15(27)13-16(14)28/h6,8-11,13H,4-5,7,12H2,1-3H3,(H2,29,32,33). The fraction of sp³-hybridized carbons (Fsp3) is 0.269. The quantitative estimate of drug-likeness (QED) is 0.271. The van der Waals surface area contributed by atoms with Gasteiger partial charge in [-0.25, -0.2) is 0 Å². The predicted octanol–water partition coefficient (Wildman–Crippen LogP) is 6.05. The van der Waals surface area contributed by atoms with Crippen LogP contribution in [0.15, 0.2) is 45.6 Å². The summed E-state index contributed by atoms with van der Waals surface area (Å²) < 4.78 is 16.9. The van der Waals surface area contributed by atoms with Crippen LogP contribution in [-0.4, -0.2) is 34.5 Å². The molecule has 188 valence electrons. The molecule has 0 aliphatic rings. The molecule has 2 heterocycles. The number of aromatic amines is 1. The van der Waals surface area contributed by atoms with Crippen LogP contribution in [0.1, 0.15) is 36.9 Å². The van der Waals surface area contributed by atoms with Crippen LogP contribution in [0.2, 0.25) is 10.0 Å². The molecule has 0 radical (unpaired) electrons. The number of rotatable bonds is 9. The molecule has 0 saturated heterocycles. The summed E-state index contributed by atoms with van der Waals surface area (Å²) in [6, 6.07) is 10.4. The van der Waals surface area contributed by atoms with E-state index in [0.29, 0.717) is 44.8 Å². The molecule has 0 aliphatic carbocycles. The number of aromatic hydroxyl groups is 1. The number of benzene rings is 2. The molecule has 0 amide bonds.